The van der Waals surface area contributed by atoms with Gasteiger partial charge in [0.25, 0.3) is 0 Å². The van der Waals surface area contributed by atoms with Gasteiger partial charge in [0.05, 0.1) is 6.04 Å². The second-order valence-corrected chi connectivity index (χ2v) is 7.97. The van der Waals surface area contributed by atoms with Gasteiger partial charge in [0, 0.05) is 30.4 Å². The Hall–Kier alpha value is -2.31. The molecule has 2 aromatic carbocycles. The molecule has 0 radical (unpaired) electrons. The molecule has 2 aromatic rings. The molecular formula is C20H20ClN3O2S. The first kappa shape index (κ1) is 18.1. The predicted molar refractivity (Wildman–Crippen MR) is 110 cm³/mol. The number of para-hydroxylation sites is 1. The molecule has 1 saturated heterocycles. The third-order valence-corrected chi connectivity index (χ3v) is 5.72. The number of benzene rings is 2. The lowest BCUT2D eigenvalue weighted by Gasteiger charge is -2.56. The largest absolute Gasteiger partial charge is 0.467 e. The monoisotopic (exact) mass is 401 g/mol. The number of carbonyl (C=O) groups is 1. The lowest BCUT2D eigenvalue weighted by Crippen LogP contribution is -2.72. The normalized spacial score (nSPS) is 25.9. The Morgan fingerprint density at radius 2 is 1.96 bits per heavy atom. The minimum Gasteiger partial charge on any atom is -0.467 e. The van der Waals surface area contributed by atoms with Crippen LogP contribution in [0.2, 0.25) is 5.02 Å². The fourth-order valence-corrected chi connectivity index (χ4v) is 4.57. The van der Waals surface area contributed by atoms with E-state index in [1.165, 1.54) is 0 Å². The van der Waals surface area contributed by atoms with Crippen LogP contribution in [0.5, 0.6) is 5.75 Å². The number of hydrogen-bond donors (Lipinski definition) is 1. The van der Waals surface area contributed by atoms with Crippen LogP contribution >= 0.6 is 23.8 Å². The van der Waals surface area contributed by atoms with E-state index in [9.17, 15) is 4.79 Å². The van der Waals surface area contributed by atoms with Gasteiger partial charge in [0.1, 0.15) is 11.7 Å². The highest BCUT2D eigenvalue weighted by atomic mass is 35.5. The average molecular weight is 402 g/mol. The second-order valence-electron chi connectivity index (χ2n) is 7.15. The van der Waals surface area contributed by atoms with Gasteiger partial charge in [-0.3, -0.25) is 9.69 Å². The van der Waals surface area contributed by atoms with Crippen molar-refractivity contribution in [3.8, 4) is 5.75 Å². The highest BCUT2D eigenvalue weighted by Gasteiger charge is 2.59. The maximum atomic E-state index is 13.2. The zero-order chi connectivity index (χ0) is 19.3. The average Bonchev–Trinajstić information content (AvgIpc) is 2.62. The number of halogens is 1. The number of nitrogens with one attached hydrogen (secondary N) is 1. The number of carbonyl (C=O) groups excluding carboxylic acids is 1. The standard InChI is InChI=1S/C20H20ClN3O2S/c1-20-16(18(25)23(2)3)17(14-11-12(21)9-10-15(14)26-20)22-19(27)24(20)13-7-5-4-6-8-13/h4-11,16-17H,1-3H3,(H,22,27)/t16-,17-,20-/m0/s1. The summed E-state index contributed by atoms with van der Waals surface area (Å²) < 4.78 is 6.46. The zero-order valence-corrected chi connectivity index (χ0v) is 16.8. The summed E-state index contributed by atoms with van der Waals surface area (Å²) >= 11 is 11.9. The molecule has 1 N–H and O–H groups in total. The van der Waals surface area contributed by atoms with Crippen molar-refractivity contribution in [3.05, 3.63) is 59.1 Å². The number of hydrogen-bond acceptors (Lipinski definition) is 3. The molecule has 5 nitrogen and oxygen atoms in total. The van der Waals surface area contributed by atoms with Crippen LogP contribution in [-0.4, -0.2) is 35.7 Å². The van der Waals surface area contributed by atoms with Crippen molar-refractivity contribution in [2.75, 3.05) is 19.0 Å². The first-order valence-electron chi connectivity index (χ1n) is 8.68. The molecule has 27 heavy (non-hydrogen) atoms. The van der Waals surface area contributed by atoms with Gasteiger partial charge in [-0.1, -0.05) is 29.8 Å². The predicted octanol–water partition coefficient (Wildman–Crippen LogP) is 3.59. The van der Waals surface area contributed by atoms with Gasteiger partial charge >= 0.3 is 0 Å². The number of thiocarbonyl (C=S) groups is 1. The fourth-order valence-electron chi connectivity index (χ4n) is 3.98. The number of anilines is 1. The van der Waals surface area contributed by atoms with E-state index >= 15 is 0 Å². The maximum Gasteiger partial charge on any atom is 0.233 e. The quantitative estimate of drug-likeness (QED) is 0.779. The smallest absolute Gasteiger partial charge is 0.233 e. The molecule has 1 amide bonds. The van der Waals surface area contributed by atoms with Crippen molar-refractivity contribution in [3.63, 3.8) is 0 Å². The minimum absolute atomic E-state index is 0.0379. The van der Waals surface area contributed by atoms with E-state index < -0.39 is 11.6 Å². The Bertz CT molecular complexity index is 921. The van der Waals surface area contributed by atoms with Crippen molar-refractivity contribution in [2.45, 2.75) is 18.7 Å². The van der Waals surface area contributed by atoms with Crippen LogP contribution in [0.1, 0.15) is 18.5 Å². The molecule has 0 saturated carbocycles. The third-order valence-electron chi connectivity index (χ3n) is 5.18. The molecule has 1 fully saturated rings. The van der Waals surface area contributed by atoms with Crippen LogP contribution in [-0.2, 0) is 4.79 Å². The Balaban J connectivity index is 1.93. The van der Waals surface area contributed by atoms with Gasteiger partial charge in [-0.15, -0.1) is 0 Å². The van der Waals surface area contributed by atoms with Crippen LogP contribution in [0.25, 0.3) is 0 Å². The molecule has 2 bridgehead atoms. The number of nitrogens with zero attached hydrogens (tertiary/aromatic N) is 2. The van der Waals surface area contributed by atoms with E-state index in [0.717, 1.165) is 11.3 Å². The van der Waals surface area contributed by atoms with Crippen LogP contribution in [0.3, 0.4) is 0 Å². The molecule has 0 unspecified atom stereocenters. The molecule has 3 atom stereocenters. The van der Waals surface area contributed by atoms with E-state index in [1.807, 2.05) is 54.3 Å². The second kappa shape index (κ2) is 6.39. The van der Waals surface area contributed by atoms with Crippen LogP contribution in [0.15, 0.2) is 48.5 Å². The van der Waals surface area contributed by atoms with E-state index in [4.69, 9.17) is 28.6 Å². The SMILES string of the molecule is CN(C)C(=O)[C@@H]1[C@H]2NC(=S)N(c3ccccc3)[C@@]1(C)Oc1ccc(Cl)cc12. The molecule has 140 valence electrons. The Labute approximate surface area is 168 Å². The molecule has 7 heteroatoms. The van der Waals surface area contributed by atoms with E-state index in [-0.39, 0.29) is 11.9 Å². The minimum atomic E-state index is -0.976. The van der Waals surface area contributed by atoms with Crippen LogP contribution in [0.4, 0.5) is 5.69 Å². The van der Waals surface area contributed by atoms with Crippen molar-refractivity contribution < 1.29 is 9.53 Å². The topological polar surface area (TPSA) is 44.8 Å². The number of amides is 1. The highest BCUT2D eigenvalue weighted by Crippen LogP contribution is 2.50. The molecule has 4 rings (SSSR count). The van der Waals surface area contributed by atoms with Gasteiger partial charge < -0.3 is 15.0 Å². The summed E-state index contributed by atoms with van der Waals surface area (Å²) in [6.07, 6.45) is 0. The van der Waals surface area contributed by atoms with Gasteiger partial charge in [0.2, 0.25) is 5.91 Å². The van der Waals surface area contributed by atoms with E-state index in [1.54, 1.807) is 25.1 Å². The highest BCUT2D eigenvalue weighted by molar-refractivity contribution is 7.80. The van der Waals surface area contributed by atoms with Crippen molar-refractivity contribution in [1.29, 1.82) is 0 Å². The first-order valence-corrected chi connectivity index (χ1v) is 9.47. The van der Waals surface area contributed by atoms with Gasteiger partial charge in [0.15, 0.2) is 10.8 Å². The van der Waals surface area contributed by atoms with E-state index in [0.29, 0.717) is 15.9 Å². The van der Waals surface area contributed by atoms with Crippen molar-refractivity contribution in [2.24, 2.45) is 5.92 Å². The number of ether oxygens (including phenoxy) is 1. The molecule has 0 aromatic heterocycles. The van der Waals surface area contributed by atoms with Gasteiger partial charge in [-0.2, -0.15) is 0 Å². The summed E-state index contributed by atoms with van der Waals surface area (Å²) in [7, 11) is 3.50. The lowest BCUT2D eigenvalue weighted by molar-refractivity contribution is -0.144. The summed E-state index contributed by atoms with van der Waals surface area (Å²) in [5, 5.41) is 4.47. The fraction of sp³-hybridized carbons (Fsp3) is 0.300. The lowest BCUT2D eigenvalue weighted by atomic mass is 9.78. The van der Waals surface area contributed by atoms with Crippen LogP contribution < -0.4 is 15.0 Å². The van der Waals surface area contributed by atoms with E-state index in [2.05, 4.69) is 5.32 Å². The molecule has 2 aliphatic rings. The first-order chi connectivity index (χ1) is 12.8. The summed E-state index contributed by atoms with van der Waals surface area (Å²) in [5.41, 5.74) is 0.733. The Morgan fingerprint density at radius 1 is 1.26 bits per heavy atom. The molecular weight excluding hydrogens is 382 g/mol. The number of fused-ring (bicyclic) bond motifs is 4. The Morgan fingerprint density at radius 3 is 2.63 bits per heavy atom. The third kappa shape index (κ3) is 2.75. The maximum absolute atomic E-state index is 13.2. The Kier molecular flexibility index (Phi) is 4.28. The summed E-state index contributed by atoms with van der Waals surface area (Å²) in [5.74, 6) is 0.153. The molecule has 2 heterocycles. The van der Waals surface area contributed by atoms with Crippen molar-refractivity contribution in [1.82, 2.24) is 10.2 Å². The molecule has 0 aliphatic carbocycles. The zero-order valence-electron chi connectivity index (χ0n) is 15.3. The molecule has 2 aliphatic heterocycles. The molecule has 0 spiro atoms. The van der Waals surface area contributed by atoms with Gasteiger partial charge in [-0.05, 0) is 49.5 Å². The van der Waals surface area contributed by atoms with Crippen molar-refractivity contribution >= 4 is 40.5 Å². The van der Waals surface area contributed by atoms with Gasteiger partial charge in [-0.25, -0.2) is 0 Å². The summed E-state index contributed by atoms with van der Waals surface area (Å²) in [6, 6.07) is 14.9. The summed E-state index contributed by atoms with van der Waals surface area (Å²) in [6.45, 7) is 1.92. The summed E-state index contributed by atoms with van der Waals surface area (Å²) in [4.78, 5) is 16.7. The number of rotatable bonds is 2. The van der Waals surface area contributed by atoms with Crippen LogP contribution in [0, 0.1) is 5.92 Å².